The lowest BCUT2D eigenvalue weighted by Crippen LogP contribution is -1.82. The second-order valence-corrected chi connectivity index (χ2v) is 3.32. The number of furan rings is 1. The number of aliphatic imine (C=N–C) groups is 1. The van der Waals surface area contributed by atoms with Crippen LogP contribution < -0.4 is 4.74 Å². The quantitative estimate of drug-likeness (QED) is 0.746. The highest BCUT2D eigenvalue weighted by atomic mass is 16.5. The molecule has 0 amide bonds. The second-order valence-electron chi connectivity index (χ2n) is 3.32. The molecule has 0 saturated carbocycles. The zero-order valence-electron chi connectivity index (χ0n) is 9.54. The summed E-state index contributed by atoms with van der Waals surface area (Å²) in [5.41, 5.74) is 0.805. The molecule has 0 radical (unpaired) electrons. The van der Waals surface area contributed by atoms with Crippen molar-refractivity contribution in [3.8, 4) is 5.75 Å². The molecular formula is C14H13NO2. The van der Waals surface area contributed by atoms with Gasteiger partial charge >= 0.3 is 0 Å². The lowest BCUT2D eigenvalue weighted by Gasteiger charge is -2.01. The molecule has 2 aromatic rings. The summed E-state index contributed by atoms with van der Waals surface area (Å²) in [6, 6.07) is 11.3. The molecule has 2 rings (SSSR count). The molecule has 0 aliphatic carbocycles. The minimum atomic E-state index is 0.759. The van der Waals surface area contributed by atoms with Crippen LogP contribution in [0.2, 0.25) is 0 Å². The first kappa shape index (κ1) is 11.2. The van der Waals surface area contributed by atoms with Crippen LogP contribution >= 0.6 is 0 Å². The van der Waals surface area contributed by atoms with Gasteiger partial charge < -0.3 is 9.15 Å². The standard InChI is InChI=1S/C14H13NO2/c1-16-14-9-3-2-8-13(14)15-10-4-6-12-7-5-11-17-12/h2-11H,1H3. The van der Waals surface area contributed by atoms with Crippen LogP contribution in [0.3, 0.4) is 0 Å². The molecule has 0 atom stereocenters. The largest absolute Gasteiger partial charge is 0.494 e. The summed E-state index contributed by atoms with van der Waals surface area (Å²) in [4.78, 5) is 4.30. The van der Waals surface area contributed by atoms with Gasteiger partial charge in [0.05, 0.1) is 13.4 Å². The molecule has 0 fully saturated rings. The smallest absolute Gasteiger partial charge is 0.144 e. The van der Waals surface area contributed by atoms with Crippen LogP contribution in [-0.2, 0) is 0 Å². The van der Waals surface area contributed by atoms with E-state index in [1.807, 2.05) is 48.6 Å². The average Bonchev–Trinajstić information content (AvgIpc) is 2.88. The van der Waals surface area contributed by atoms with Crippen molar-refractivity contribution in [3.63, 3.8) is 0 Å². The fourth-order valence-electron chi connectivity index (χ4n) is 1.38. The van der Waals surface area contributed by atoms with Gasteiger partial charge in [0.15, 0.2) is 0 Å². The zero-order chi connectivity index (χ0) is 11.9. The zero-order valence-corrected chi connectivity index (χ0v) is 9.54. The van der Waals surface area contributed by atoms with Gasteiger partial charge in [0.1, 0.15) is 17.2 Å². The van der Waals surface area contributed by atoms with Crippen LogP contribution in [0.4, 0.5) is 5.69 Å². The minimum Gasteiger partial charge on any atom is -0.494 e. The Morgan fingerprint density at radius 1 is 1.18 bits per heavy atom. The Kier molecular flexibility index (Phi) is 3.76. The number of methoxy groups -OCH3 is 1. The van der Waals surface area contributed by atoms with Gasteiger partial charge in [0, 0.05) is 6.21 Å². The lowest BCUT2D eigenvalue weighted by molar-refractivity contribution is 0.416. The first-order valence-electron chi connectivity index (χ1n) is 5.27. The fourth-order valence-corrected chi connectivity index (χ4v) is 1.38. The number of rotatable bonds is 4. The van der Waals surface area contributed by atoms with E-state index in [0.717, 1.165) is 17.2 Å². The van der Waals surface area contributed by atoms with Crippen molar-refractivity contribution < 1.29 is 9.15 Å². The number of benzene rings is 1. The van der Waals surface area contributed by atoms with E-state index in [0.29, 0.717) is 0 Å². The molecule has 0 N–H and O–H groups in total. The summed E-state index contributed by atoms with van der Waals surface area (Å²) in [5, 5.41) is 0. The van der Waals surface area contributed by atoms with Crippen molar-refractivity contribution in [2.24, 2.45) is 4.99 Å². The maximum atomic E-state index is 5.19. The van der Waals surface area contributed by atoms with E-state index < -0.39 is 0 Å². The van der Waals surface area contributed by atoms with Gasteiger partial charge in [-0.05, 0) is 36.4 Å². The molecule has 0 unspecified atom stereocenters. The van der Waals surface area contributed by atoms with Crippen LogP contribution in [0.5, 0.6) is 5.75 Å². The third-order valence-corrected chi connectivity index (χ3v) is 2.19. The van der Waals surface area contributed by atoms with Gasteiger partial charge in [-0.1, -0.05) is 12.1 Å². The van der Waals surface area contributed by atoms with Crippen molar-refractivity contribution in [1.29, 1.82) is 0 Å². The van der Waals surface area contributed by atoms with E-state index in [1.54, 1.807) is 19.6 Å². The highest BCUT2D eigenvalue weighted by Gasteiger charge is 1.96. The minimum absolute atomic E-state index is 0.759. The molecule has 1 aromatic heterocycles. The van der Waals surface area contributed by atoms with E-state index in [2.05, 4.69) is 4.99 Å². The summed E-state index contributed by atoms with van der Waals surface area (Å²) < 4.78 is 10.3. The maximum Gasteiger partial charge on any atom is 0.144 e. The van der Waals surface area contributed by atoms with Gasteiger partial charge in [-0.3, -0.25) is 4.99 Å². The third kappa shape index (κ3) is 3.08. The monoisotopic (exact) mass is 227 g/mol. The Bertz CT molecular complexity index is 513. The molecule has 1 heterocycles. The number of hydrogen-bond acceptors (Lipinski definition) is 3. The van der Waals surface area contributed by atoms with Crippen LogP contribution in [0.15, 0.2) is 58.1 Å². The first-order valence-corrected chi connectivity index (χ1v) is 5.27. The summed E-state index contributed by atoms with van der Waals surface area (Å²) in [6.45, 7) is 0. The van der Waals surface area contributed by atoms with Gasteiger partial charge in [-0.15, -0.1) is 0 Å². The normalized spacial score (nSPS) is 11.4. The van der Waals surface area contributed by atoms with Crippen LogP contribution in [0, 0.1) is 0 Å². The third-order valence-electron chi connectivity index (χ3n) is 2.19. The molecule has 86 valence electrons. The Morgan fingerprint density at radius 3 is 2.82 bits per heavy atom. The molecule has 0 aliphatic heterocycles. The number of hydrogen-bond donors (Lipinski definition) is 0. The highest BCUT2D eigenvalue weighted by molar-refractivity contribution is 5.80. The summed E-state index contributed by atoms with van der Waals surface area (Å²) >= 11 is 0. The molecule has 3 heteroatoms. The predicted octanol–water partition coefficient (Wildman–Crippen LogP) is 3.70. The van der Waals surface area contributed by atoms with Gasteiger partial charge in [0.2, 0.25) is 0 Å². The average molecular weight is 227 g/mol. The molecule has 0 aliphatic rings. The van der Waals surface area contributed by atoms with Crippen LogP contribution in [0.25, 0.3) is 6.08 Å². The molecular weight excluding hydrogens is 214 g/mol. The molecule has 17 heavy (non-hydrogen) atoms. The van der Waals surface area contributed by atoms with Crippen LogP contribution in [0.1, 0.15) is 5.76 Å². The van der Waals surface area contributed by atoms with E-state index in [-0.39, 0.29) is 0 Å². The molecule has 3 nitrogen and oxygen atoms in total. The topological polar surface area (TPSA) is 34.7 Å². The van der Waals surface area contributed by atoms with E-state index in [1.165, 1.54) is 0 Å². The molecule has 0 spiro atoms. The summed E-state index contributed by atoms with van der Waals surface area (Å²) in [7, 11) is 1.63. The van der Waals surface area contributed by atoms with Gasteiger partial charge in [-0.2, -0.15) is 0 Å². The van der Waals surface area contributed by atoms with E-state index in [9.17, 15) is 0 Å². The number of ether oxygens (including phenoxy) is 1. The maximum absolute atomic E-state index is 5.19. The molecule has 0 bridgehead atoms. The first-order chi connectivity index (χ1) is 8.40. The summed E-state index contributed by atoms with van der Waals surface area (Å²) in [6.07, 6.45) is 7.02. The van der Waals surface area contributed by atoms with E-state index >= 15 is 0 Å². The number of para-hydroxylation sites is 2. The van der Waals surface area contributed by atoms with Crippen LogP contribution in [-0.4, -0.2) is 13.3 Å². The Morgan fingerprint density at radius 2 is 2.06 bits per heavy atom. The Labute approximate surface area is 100 Å². The Balaban J connectivity index is 2.05. The number of allylic oxidation sites excluding steroid dienone is 1. The fraction of sp³-hybridized carbons (Fsp3) is 0.0714. The second kappa shape index (κ2) is 5.70. The molecule has 0 saturated heterocycles. The lowest BCUT2D eigenvalue weighted by atomic mass is 10.3. The predicted molar refractivity (Wildman–Crippen MR) is 68.9 cm³/mol. The van der Waals surface area contributed by atoms with Crippen molar-refractivity contribution in [2.45, 2.75) is 0 Å². The van der Waals surface area contributed by atoms with E-state index in [4.69, 9.17) is 9.15 Å². The summed E-state index contributed by atoms with van der Waals surface area (Å²) in [5.74, 6) is 1.56. The SMILES string of the molecule is COc1ccccc1N=CC=Cc1ccco1. The number of nitrogens with zero attached hydrogens (tertiary/aromatic N) is 1. The van der Waals surface area contributed by atoms with Gasteiger partial charge in [-0.25, -0.2) is 0 Å². The van der Waals surface area contributed by atoms with Crippen molar-refractivity contribution in [3.05, 3.63) is 54.5 Å². The highest BCUT2D eigenvalue weighted by Crippen LogP contribution is 2.25. The molecule has 1 aromatic carbocycles. The van der Waals surface area contributed by atoms with Crippen molar-refractivity contribution in [2.75, 3.05) is 7.11 Å². The van der Waals surface area contributed by atoms with Crippen molar-refractivity contribution in [1.82, 2.24) is 0 Å². The van der Waals surface area contributed by atoms with Gasteiger partial charge in [0.25, 0.3) is 0 Å². The van der Waals surface area contributed by atoms with Crippen molar-refractivity contribution >= 4 is 18.0 Å². The Hall–Kier alpha value is -2.29.